The van der Waals surface area contributed by atoms with Crippen molar-refractivity contribution in [1.82, 2.24) is 0 Å². The number of amidine groups is 1. The number of anilines is 1. The van der Waals surface area contributed by atoms with Gasteiger partial charge in [-0.25, -0.2) is 0 Å². The second-order valence-corrected chi connectivity index (χ2v) is 4.70. The van der Waals surface area contributed by atoms with Gasteiger partial charge in [-0.1, -0.05) is 32.0 Å². The third-order valence-electron chi connectivity index (χ3n) is 3.42. The average Bonchev–Trinajstić information content (AvgIpc) is 2.54. The summed E-state index contributed by atoms with van der Waals surface area (Å²) in [4.78, 5) is 7.11. The quantitative estimate of drug-likeness (QED) is 0.628. The lowest BCUT2D eigenvalue weighted by molar-refractivity contribution is 0.583. The van der Waals surface area contributed by atoms with E-state index in [9.17, 15) is 0 Å². The third kappa shape index (κ3) is 1.21. The predicted molar refractivity (Wildman–Crippen MR) is 63.7 cm³/mol. The van der Waals surface area contributed by atoms with Crippen LogP contribution < -0.4 is 4.90 Å². The van der Waals surface area contributed by atoms with Gasteiger partial charge in [0.15, 0.2) is 0 Å². The Morgan fingerprint density at radius 3 is 2.93 bits per heavy atom. The lowest BCUT2D eigenvalue weighted by Gasteiger charge is -2.28. The lowest BCUT2D eigenvalue weighted by Crippen LogP contribution is -2.37. The standard InChI is InChI=1S/C13H16N2/c1-9-7-14-13-10(2)11-5-3-4-6-12(11)15(13)8-9/h3-6,9-10H,7-8H2,1-2H3. The molecule has 1 aromatic carbocycles. The van der Waals surface area contributed by atoms with Gasteiger partial charge in [-0.15, -0.1) is 0 Å². The normalized spacial score (nSPS) is 28.4. The van der Waals surface area contributed by atoms with Crippen LogP contribution in [0.15, 0.2) is 29.3 Å². The molecule has 0 N–H and O–H groups in total. The maximum Gasteiger partial charge on any atom is 0.111 e. The van der Waals surface area contributed by atoms with Crippen LogP contribution in [0.3, 0.4) is 0 Å². The molecule has 1 aromatic rings. The fourth-order valence-electron chi connectivity index (χ4n) is 2.63. The number of benzene rings is 1. The van der Waals surface area contributed by atoms with Gasteiger partial charge in [0, 0.05) is 24.7 Å². The number of aliphatic imine (C=N–C) groups is 1. The van der Waals surface area contributed by atoms with E-state index in [1.165, 1.54) is 17.1 Å². The van der Waals surface area contributed by atoms with Crippen LogP contribution in [0.1, 0.15) is 25.3 Å². The third-order valence-corrected chi connectivity index (χ3v) is 3.42. The summed E-state index contributed by atoms with van der Waals surface area (Å²) in [6, 6.07) is 8.68. The zero-order valence-electron chi connectivity index (χ0n) is 9.27. The molecule has 2 atom stereocenters. The Labute approximate surface area is 90.6 Å². The molecule has 0 aromatic heterocycles. The van der Waals surface area contributed by atoms with Crippen molar-refractivity contribution >= 4 is 11.5 Å². The van der Waals surface area contributed by atoms with Crippen LogP contribution in [0.5, 0.6) is 0 Å². The molecule has 3 rings (SSSR count). The van der Waals surface area contributed by atoms with Gasteiger partial charge in [0.25, 0.3) is 0 Å². The molecule has 0 spiro atoms. The van der Waals surface area contributed by atoms with E-state index in [-0.39, 0.29) is 0 Å². The molecule has 0 aliphatic carbocycles. The highest BCUT2D eigenvalue weighted by atomic mass is 15.2. The van der Waals surface area contributed by atoms with E-state index in [4.69, 9.17) is 4.99 Å². The van der Waals surface area contributed by atoms with E-state index in [0.717, 1.165) is 13.1 Å². The van der Waals surface area contributed by atoms with Crippen LogP contribution in [0.25, 0.3) is 0 Å². The van der Waals surface area contributed by atoms with Crippen molar-refractivity contribution < 1.29 is 0 Å². The number of fused-ring (bicyclic) bond motifs is 3. The largest absolute Gasteiger partial charge is 0.329 e. The first-order valence-corrected chi connectivity index (χ1v) is 5.68. The summed E-state index contributed by atoms with van der Waals surface area (Å²) >= 11 is 0. The van der Waals surface area contributed by atoms with E-state index in [1.54, 1.807) is 0 Å². The van der Waals surface area contributed by atoms with Crippen LogP contribution in [-0.2, 0) is 0 Å². The molecule has 15 heavy (non-hydrogen) atoms. The number of hydrogen-bond donors (Lipinski definition) is 0. The van der Waals surface area contributed by atoms with Crippen LogP contribution >= 0.6 is 0 Å². The molecule has 0 amide bonds. The number of rotatable bonds is 0. The minimum absolute atomic E-state index is 0.480. The molecular formula is C13H16N2. The highest BCUT2D eigenvalue weighted by Gasteiger charge is 2.34. The topological polar surface area (TPSA) is 15.6 Å². The average molecular weight is 200 g/mol. The Morgan fingerprint density at radius 2 is 2.07 bits per heavy atom. The SMILES string of the molecule is CC1CN=C2C(C)c3ccccc3N2C1. The lowest BCUT2D eigenvalue weighted by atomic mass is 10.0. The number of nitrogens with zero attached hydrogens (tertiary/aromatic N) is 2. The fraction of sp³-hybridized carbons (Fsp3) is 0.462. The fourth-order valence-corrected chi connectivity index (χ4v) is 2.63. The first-order chi connectivity index (χ1) is 7.27. The van der Waals surface area contributed by atoms with Crippen molar-refractivity contribution in [2.75, 3.05) is 18.0 Å². The Bertz CT molecular complexity index is 422. The van der Waals surface area contributed by atoms with Gasteiger partial charge < -0.3 is 4.90 Å². The molecule has 0 saturated heterocycles. The van der Waals surface area contributed by atoms with Gasteiger partial charge >= 0.3 is 0 Å². The van der Waals surface area contributed by atoms with Crippen molar-refractivity contribution in [3.05, 3.63) is 29.8 Å². The second-order valence-electron chi connectivity index (χ2n) is 4.70. The highest BCUT2D eigenvalue weighted by molar-refractivity contribution is 6.08. The smallest absolute Gasteiger partial charge is 0.111 e. The molecule has 0 bridgehead atoms. The van der Waals surface area contributed by atoms with Crippen LogP contribution in [0.2, 0.25) is 0 Å². The Morgan fingerprint density at radius 1 is 1.27 bits per heavy atom. The molecular weight excluding hydrogens is 184 g/mol. The molecule has 2 aliphatic heterocycles. The van der Waals surface area contributed by atoms with Crippen molar-refractivity contribution in [1.29, 1.82) is 0 Å². The van der Waals surface area contributed by atoms with Gasteiger partial charge in [-0.2, -0.15) is 0 Å². The minimum Gasteiger partial charge on any atom is -0.329 e. The van der Waals surface area contributed by atoms with E-state index in [2.05, 4.69) is 43.0 Å². The summed E-state index contributed by atoms with van der Waals surface area (Å²) in [5.41, 5.74) is 2.81. The summed E-state index contributed by atoms with van der Waals surface area (Å²) in [6.07, 6.45) is 0. The van der Waals surface area contributed by atoms with Gasteiger partial charge in [-0.05, 0) is 17.5 Å². The van der Waals surface area contributed by atoms with Crippen LogP contribution in [0.4, 0.5) is 5.69 Å². The monoisotopic (exact) mass is 200 g/mol. The second kappa shape index (κ2) is 3.09. The van der Waals surface area contributed by atoms with Crippen molar-refractivity contribution in [3.8, 4) is 0 Å². The zero-order chi connectivity index (χ0) is 10.4. The van der Waals surface area contributed by atoms with Gasteiger partial charge in [0.1, 0.15) is 5.84 Å². The summed E-state index contributed by atoms with van der Waals surface area (Å²) in [7, 11) is 0. The van der Waals surface area contributed by atoms with E-state index < -0.39 is 0 Å². The zero-order valence-corrected chi connectivity index (χ0v) is 9.27. The molecule has 0 radical (unpaired) electrons. The Balaban J connectivity index is 2.12. The summed E-state index contributed by atoms with van der Waals surface area (Å²) < 4.78 is 0. The highest BCUT2D eigenvalue weighted by Crippen LogP contribution is 2.39. The van der Waals surface area contributed by atoms with Crippen LogP contribution in [-0.4, -0.2) is 18.9 Å². The number of para-hydroxylation sites is 1. The summed E-state index contributed by atoms with van der Waals surface area (Å²) in [5, 5.41) is 0. The molecule has 78 valence electrons. The van der Waals surface area contributed by atoms with Crippen molar-refractivity contribution in [2.24, 2.45) is 10.9 Å². The van der Waals surface area contributed by atoms with E-state index >= 15 is 0 Å². The maximum absolute atomic E-state index is 4.71. The van der Waals surface area contributed by atoms with Crippen molar-refractivity contribution in [3.63, 3.8) is 0 Å². The van der Waals surface area contributed by atoms with Gasteiger partial charge in [0.2, 0.25) is 0 Å². The Kier molecular flexibility index (Phi) is 1.84. The molecule has 2 heterocycles. The molecule has 2 nitrogen and oxygen atoms in total. The van der Waals surface area contributed by atoms with Gasteiger partial charge in [0.05, 0.1) is 0 Å². The van der Waals surface area contributed by atoms with E-state index in [1.807, 2.05) is 0 Å². The summed E-state index contributed by atoms with van der Waals surface area (Å²) in [6.45, 7) is 6.64. The van der Waals surface area contributed by atoms with Crippen LogP contribution in [0, 0.1) is 5.92 Å². The van der Waals surface area contributed by atoms with Gasteiger partial charge in [-0.3, -0.25) is 4.99 Å². The summed E-state index contributed by atoms with van der Waals surface area (Å²) in [5.74, 6) is 2.43. The number of hydrogen-bond acceptors (Lipinski definition) is 2. The predicted octanol–water partition coefficient (Wildman–Crippen LogP) is 2.66. The first kappa shape index (κ1) is 8.96. The molecule has 2 heteroatoms. The minimum atomic E-state index is 0.480. The first-order valence-electron chi connectivity index (χ1n) is 5.68. The van der Waals surface area contributed by atoms with E-state index in [0.29, 0.717) is 11.8 Å². The maximum atomic E-state index is 4.71. The Hall–Kier alpha value is -1.31. The molecule has 2 unspecified atom stereocenters. The van der Waals surface area contributed by atoms with Crippen molar-refractivity contribution in [2.45, 2.75) is 19.8 Å². The molecule has 2 aliphatic rings. The molecule has 0 saturated carbocycles. The molecule has 0 fully saturated rings.